The first-order valence-electron chi connectivity index (χ1n) is 6.28. The van der Waals surface area contributed by atoms with Crippen LogP contribution in [0.1, 0.15) is 33.8 Å². The molecule has 1 aromatic heterocycles. The molecule has 1 aromatic carbocycles. The summed E-state index contributed by atoms with van der Waals surface area (Å²) in [5.41, 5.74) is 3.18. The first kappa shape index (κ1) is 12.9. The highest BCUT2D eigenvalue weighted by molar-refractivity contribution is 9.10. The minimum atomic E-state index is 0.322. The Morgan fingerprint density at radius 1 is 1.42 bits per heavy atom. The van der Waals surface area contributed by atoms with Crippen LogP contribution in [0, 0.1) is 0 Å². The van der Waals surface area contributed by atoms with Crippen molar-refractivity contribution in [2.24, 2.45) is 0 Å². The number of fused-ring (bicyclic) bond motifs is 1. The molecule has 0 N–H and O–H groups in total. The van der Waals surface area contributed by atoms with E-state index >= 15 is 0 Å². The SMILES string of the molecule is CC1c2ccsc2CCN1c1cc(Br)ccc1C=O. The lowest BCUT2D eigenvalue weighted by Gasteiger charge is -2.36. The number of rotatable bonds is 2. The maximum atomic E-state index is 11.2. The predicted octanol–water partition coefficient (Wildman–Crippen LogP) is 4.45. The molecule has 2 heterocycles. The van der Waals surface area contributed by atoms with E-state index in [-0.39, 0.29) is 0 Å². The Morgan fingerprint density at radius 3 is 3.05 bits per heavy atom. The lowest BCUT2D eigenvalue weighted by molar-refractivity contribution is 0.112. The number of carbonyl (C=O) groups is 1. The molecule has 3 rings (SSSR count). The molecule has 19 heavy (non-hydrogen) atoms. The molecule has 0 fully saturated rings. The van der Waals surface area contributed by atoms with E-state index in [1.54, 1.807) is 0 Å². The first-order chi connectivity index (χ1) is 9.20. The van der Waals surface area contributed by atoms with E-state index in [1.165, 1.54) is 10.4 Å². The molecule has 0 bridgehead atoms. The Kier molecular flexibility index (Phi) is 3.46. The third-order valence-electron chi connectivity index (χ3n) is 3.71. The number of hydrogen-bond donors (Lipinski definition) is 0. The Hall–Kier alpha value is -1.13. The molecule has 1 atom stereocenters. The van der Waals surface area contributed by atoms with Crippen LogP contribution in [0.4, 0.5) is 5.69 Å². The Bertz CT molecular complexity index is 622. The van der Waals surface area contributed by atoms with Gasteiger partial charge in [0.2, 0.25) is 0 Å². The van der Waals surface area contributed by atoms with Gasteiger partial charge in [0.1, 0.15) is 0 Å². The molecule has 0 saturated carbocycles. The predicted molar refractivity (Wildman–Crippen MR) is 83.3 cm³/mol. The summed E-state index contributed by atoms with van der Waals surface area (Å²) in [4.78, 5) is 15.0. The van der Waals surface area contributed by atoms with E-state index < -0.39 is 0 Å². The molecule has 0 saturated heterocycles. The Balaban J connectivity index is 2.04. The van der Waals surface area contributed by atoms with Crippen molar-refractivity contribution in [3.8, 4) is 0 Å². The second-order valence-electron chi connectivity index (χ2n) is 4.74. The van der Waals surface area contributed by atoms with Gasteiger partial charge in [0.25, 0.3) is 0 Å². The van der Waals surface area contributed by atoms with Gasteiger partial charge in [-0.1, -0.05) is 15.9 Å². The molecule has 0 aliphatic carbocycles. The summed E-state index contributed by atoms with van der Waals surface area (Å²) in [6, 6.07) is 8.36. The molecular formula is C15H14BrNOS. The molecule has 1 unspecified atom stereocenters. The maximum Gasteiger partial charge on any atom is 0.152 e. The van der Waals surface area contributed by atoms with E-state index in [1.807, 2.05) is 29.5 Å². The van der Waals surface area contributed by atoms with Gasteiger partial charge in [0.05, 0.1) is 6.04 Å². The molecule has 4 heteroatoms. The second-order valence-corrected chi connectivity index (χ2v) is 6.66. The van der Waals surface area contributed by atoms with Crippen molar-refractivity contribution in [2.75, 3.05) is 11.4 Å². The lowest BCUT2D eigenvalue weighted by atomic mass is 9.99. The van der Waals surface area contributed by atoms with Crippen molar-refractivity contribution in [3.05, 3.63) is 50.1 Å². The van der Waals surface area contributed by atoms with Crippen LogP contribution >= 0.6 is 27.3 Å². The van der Waals surface area contributed by atoms with Crippen molar-refractivity contribution < 1.29 is 4.79 Å². The number of benzene rings is 1. The van der Waals surface area contributed by atoms with Crippen LogP contribution in [0.25, 0.3) is 0 Å². The summed E-state index contributed by atoms with van der Waals surface area (Å²) < 4.78 is 1.01. The van der Waals surface area contributed by atoms with Crippen LogP contribution in [0.3, 0.4) is 0 Å². The number of hydrogen-bond acceptors (Lipinski definition) is 3. The zero-order chi connectivity index (χ0) is 13.4. The standard InChI is InChI=1S/C15H14BrNOS/c1-10-13-5-7-19-15(13)4-6-17(10)14-8-12(16)3-2-11(14)9-18/h2-3,5,7-10H,4,6H2,1H3. The summed E-state index contributed by atoms with van der Waals surface area (Å²) >= 11 is 5.33. The molecule has 1 aliphatic rings. The third kappa shape index (κ3) is 2.23. The van der Waals surface area contributed by atoms with Gasteiger partial charge < -0.3 is 4.90 Å². The highest BCUT2D eigenvalue weighted by atomic mass is 79.9. The number of halogens is 1. The van der Waals surface area contributed by atoms with Gasteiger partial charge in [-0.2, -0.15) is 0 Å². The van der Waals surface area contributed by atoms with Gasteiger partial charge in [-0.25, -0.2) is 0 Å². The van der Waals surface area contributed by atoms with Crippen molar-refractivity contribution in [1.82, 2.24) is 0 Å². The molecule has 2 aromatic rings. The summed E-state index contributed by atoms with van der Waals surface area (Å²) in [7, 11) is 0. The van der Waals surface area contributed by atoms with E-state index in [0.717, 1.165) is 35.0 Å². The van der Waals surface area contributed by atoms with E-state index in [9.17, 15) is 4.79 Å². The topological polar surface area (TPSA) is 20.3 Å². The first-order valence-corrected chi connectivity index (χ1v) is 7.95. The van der Waals surface area contributed by atoms with E-state index in [2.05, 4.69) is 39.2 Å². The number of carbonyl (C=O) groups excluding carboxylic acids is 1. The number of nitrogens with zero attached hydrogens (tertiary/aromatic N) is 1. The Morgan fingerprint density at radius 2 is 2.26 bits per heavy atom. The summed E-state index contributed by atoms with van der Waals surface area (Å²) in [5.74, 6) is 0. The highest BCUT2D eigenvalue weighted by Gasteiger charge is 2.26. The Labute approximate surface area is 125 Å². The van der Waals surface area contributed by atoms with Crippen LogP contribution < -0.4 is 4.90 Å². The smallest absolute Gasteiger partial charge is 0.152 e. The van der Waals surface area contributed by atoms with Crippen molar-refractivity contribution in [2.45, 2.75) is 19.4 Å². The van der Waals surface area contributed by atoms with Gasteiger partial charge >= 0.3 is 0 Å². The molecule has 0 radical (unpaired) electrons. The van der Waals surface area contributed by atoms with Gasteiger partial charge in [-0.05, 0) is 48.6 Å². The van der Waals surface area contributed by atoms with Crippen LogP contribution in [0.5, 0.6) is 0 Å². The van der Waals surface area contributed by atoms with E-state index in [4.69, 9.17) is 0 Å². The molecule has 1 aliphatic heterocycles. The number of aldehydes is 1. The van der Waals surface area contributed by atoms with Gasteiger partial charge in [0.15, 0.2) is 6.29 Å². The fourth-order valence-corrected chi connectivity index (χ4v) is 4.02. The minimum absolute atomic E-state index is 0.322. The van der Waals surface area contributed by atoms with Crippen molar-refractivity contribution in [1.29, 1.82) is 0 Å². The third-order valence-corrected chi connectivity index (χ3v) is 5.20. The normalized spacial score (nSPS) is 18.2. The second kappa shape index (κ2) is 5.10. The van der Waals surface area contributed by atoms with Gasteiger partial charge in [-0.15, -0.1) is 11.3 Å². The van der Waals surface area contributed by atoms with Crippen LogP contribution in [-0.4, -0.2) is 12.8 Å². The zero-order valence-electron chi connectivity index (χ0n) is 10.6. The summed E-state index contributed by atoms with van der Waals surface area (Å²) in [5, 5.41) is 2.16. The average molecular weight is 336 g/mol. The highest BCUT2D eigenvalue weighted by Crippen LogP contribution is 2.37. The molecule has 0 amide bonds. The maximum absolute atomic E-state index is 11.2. The lowest BCUT2D eigenvalue weighted by Crippen LogP contribution is -2.33. The van der Waals surface area contributed by atoms with Crippen molar-refractivity contribution in [3.63, 3.8) is 0 Å². The number of anilines is 1. The summed E-state index contributed by atoms with van der Waals surface area (Å²) in [6.45, 7) is 3.17. The van der Waals surface area contributed by atoms with Gasteiger partial charge in [-0.3, -0.25) is 4.79 Å². The molecule has 98 valence electrons. The number of thiophene rings is 1. The fourth-order valence-electron chi connectivity index (χ4n) is 2.70. The van der Waals surface area contributed by atoms with Crippen LogP contribution in [0.15, 0.2) is 34.1 Å². The van der Waals surface area contributed by atoms with Crippen molar-refractivity contribution >= 4 is 39.2 Å². The molecular weight excluding hydrogens is 322 g/mol. The zero-order valence-corrected chi connectivity index (χ0v) is 13.0. The quantitative estimate of drug-likeness (QED) is 0.756. The summed E-state index contributed by atoms with van der Waals surface area (Å²) in [6.07, 6.45) is 2.00. The van der Waals surface area contributed by atoms with Crippen LogP contribution in [-0.2, 0) is 6.42 Å². The fraction of sp³-hybridized carbons (Fsp3) is 0.267. The molecule has 0 spiro atoms. The minimum Gasteiger partial charge on any atom is -0.364 e. The monoisotopic (exact) mass is 335 g/mol. The van der Waals surface area contributed by atoms with E-state index in [0.29, 0.717) is 6.04 Å². The molecule has 2 nitrogen and oxygen atoms in total. The largest absolute Gasteiger partial charge is 0.364 e. The van der Waals surface area contributed by atoms with Gasteiger partial charge in [0, 0.05) is 27.1 Å². The van der Waals surface area contributed by atoms with Crippen LogP contribution in [0.2, 0.25) is 0 Å². The average Bonchev–Trinajstić information content (AvgIpc) is 2.88.